The molecule has 1 fully saturated rings. The number of rotatable bonds is 8. The van der Waals surface area contributed by atoms with Crippen molar-refractivity contribution < 1.29 is 4.42 Å². The van der Waals surface area contributed by atoms with Gasteiger partial charge in [-0.25, -0.2) is 19.9 Å². The van der Waals surface area contributed by atoms with Crippen molar-refractivity contribution in [3.63, 3.8) is 0 Å². The predicted molar refractivity (Wildman–Crippen MR) is 126 cm³/mol. The number of piperazine rings is 1. The number of nitrogens with zero attached hydrogens (tertiary/aromatic N) is 8. The molecule has 33 heavy (non-hydrogen) atoms. The summed E-state index contributed by atoms with van der Waals surface area (Å²) in [5.74, 6) is 3.31. The van der Waals surface area contributed by atoms with E-state index >= 15 is 0 Å². The van der Waals surface area contributed by atoms with Crippen LogP contribution in [0, 0.1) is 5.92 Å². The second-order valence-corrected chi connectivity index (χ2v) is 8.68. The molecule has 0 saturated carbocycles. The lowest BCUT2D eigenvalue weighted by molar-refractivity contribution is 0.249. The lowest BCUT2D eigenvalue weighted by atomic mass is 10.1. The van der Waals surface area contributed by atoms with Crippen molar-refractivity contribution >= 4 is 17.5 Å². The van der Waals surface area contributed by atoms with E-state index in [4.69, 9.17) is 14.5 Å². The molecule has 0 spiro atoms. The number of hydrogen-bond donors (Lipinski definition) is 1. The van der Waals surface area contributed by atoms with Gasteiger partial charge < -0.3 is 14.6 Å². The van der Waals surface area contributed by atoms with Crippen molar-refractivity contribution in [2.24, 2.45) is 5.92 Å². The fraction of sp³-hybridized carbons (Fsp3) is 0.435. The number of nitrogens with one attached hydrogen (secondary N) is 1. The van der Waals surface area contributed by atoms with Crippen LogP contribution in [0.3, 0.4) is 0 Å². The van der Waals surface area contributed by atoms with Crippen LogP contribution in [0.4, 0.5) is 11.9 Å². The molecule has 5 rings (SSSR count). The molecule has 0 atom stereocenters. The van der Waals surface area contributed by atoms with Gasteiger partial charge in [-0.05, 0) is 30.5 Å². The first-order valence-corrected chi connectivity index (χ1v) is 11.4. The van der Waals surface area contributed by atoms with E-state index in [0.717, 1.165) is 62.8 Å². The summed E-state index contributed by atoms with van der Waals surface area (Å²) in [5.41, 5.74) is 1.84. The van der Waals surface area contributed by atoms with Gasteiger partial charge in [0.2, 0.25) is 17.7 Å². The standard InChI is InChI=1S/C23H29N9O/c1-17(2)6-9-26-23-27-15-18(21-28-20(29-32(21)23)19-5-3-14-33-19)16-30-10-12-31(13-11-30)22-24-7-4-8-25-22/h3-5,7-8,14-15,17H,6,9-13,16H2,1-2H3,(H,26,27). The average Bonchev–Trinajstić information content (AvgIpc) is 3.52. The molecule has 10 heteroatoms. The topological polar surface area (TPSA) is 101 Å². The minimum absolute atomic E-state index is 0.562. The quantitative estimate of drug-likeness (QED) is 0.437. The van der Waals surface area contributed by atoms with Crippen LogP contribution in [0.1, 0.15) is 25.8 Å². The van der Waals surface area contributed by atoms with Crippen LogP contribution >= 0.6 is 0 Å². The summed E-state index contributed by atoms with van der Waals surface area (Å²) in [6.45, 7) is 9.60. The molecule has 0 aliphatic carbocycles. The molecule has 4 aromatic rings. The summed E-state index contributed by atoms with van der Waals surface area (Å²) < 4.78 is 7.35. The molecule has 0 aromatic carbocycles. The molecule has 1 aliphatic heterocycles. The van der Waals surface area contributed by atoms with Gasteiger partial charge in [-0.1, -0.05) is 13.8 Å². The highest BCUT2D eigenvalue weighted by Gasteiger charge is 2.22. The predicted octanol–water partition coefficient (Wildman–Crippen LogP) is 2.95. The van der Waals surface area contributed by atoms with Gasteiger partial charge in [0, 0.05) is 63.4 Å². The Morgan fingerprint density at radius 2 is 1.88 bits per heavy atom. The average molecular weight is 448 g/mol. The molecule has 1 aliphatic rings. The molecule has 172 valence electrons. The molecular weight excluding hydrogens is 418 g/mol. The molecule has 0 unspecified atom stereocenters. The summed E-state index contributed by atoms with van der Waals surface area (Å²) in [7, 11) is 0. The van der Waals surface area contributed by atoms with E-state index in [1.807, 2.05) is 28.9 Å². The van der Waals surface area contributed by atoms with Gasteiger partial charge in [0.15, 0.2) is 11.4 Å². The fourth-order valence-corrected chi connectivity index (χ4v) is 3.94. The first-order chi connectivity index (χ1) is 16.2. The Kier molecular flexibility index (Phi) is 6.16. The van der Waals surface area contributed by atoms with Crippen LogP contribution in [0.25, 0.3) is 17.2 Å². The zero-order chi connectivity index (χ0) is 22.6. The molecule has 10 nitrogen and oxygen atoms in total. The molecule has 5 heterocycles. The van der Waals surface area contributed by atoms with Crippen LogP contribution in [-0.2, 0) is 6.54 Å². The normalized spacial score (nSPS) is 14.9. The Labute approximate surface area is 192 Å². The number of furan rings is 1. The van der Waals surface area contributed by atoms with Gasteiger partial charge in [0.25, 0.3) is 0 Å². The Morgan fingerprint density at radius 3 is 2.61 bits per heavy atom. The van der Waals surface area contributed by atoms with Crippen LogP contribution in [0.15, 0.2) is 47.5 Å². The first-order valence-electron chi connectivity index (χ1n) is 11.4. The Bertz CT molecular complexity index is 1170. The molecule has 0 bridgehead atoms. The van der Waals surface area contributed by atoms with Crippen molar-refractivity contribution in [2.45, 2.75) is 26.8 Å². The molecule has 4 aromatic heterocycles. The van der Waals surface area contributed by atoms with Gasteiger partial charge >= 0.3 is 0 Å². The highest BCUT2D eigenvalue weighted by Crippen LogP contribution is 2.22. The largest absolute Gasteiger partial charge is 0.461 e. The molecule has 1 N–H and O–H groups in total. The Hall–Kier alpha value is -3.53. The third-order valence-electron chi connectivity index (χ3n) is 5.79. The lowest BCUT2D eigenvalue weighted by Gasteiger charge is -2.34. The van der Waals surface area contributed by atoms with Gasteiger partial charge in [-0.2, -0.15) is 4.52 Å². The highest BCUT2D eigenvalue weighted by atomic mass is 16.3. The Balaban J connectivity index is 1.35. The van der Waals surface area contributed by atoms with E-state index in [1.54, 1.807) is 18.7 Å². The van der Waals surface area contributed by atoms with E-state index in [2.05, 4.69) is 43.9 Å². The van der Waals surface area contributed by atoms with Gasteiger partial charge in [0.05, 0.1) is 6.26 Å². The molecule has 0 amide bonds. The first kappa shape index (κ1) is 21.3. The summed E-state index contributed by atoms with van der Waals surface area (Å²) in [6.07, 6.45) is 8.18. The second kappa shape index (κ2) is 9.53. The molecular formula is C23H29N9O. The molecule has 0 radical (unpaired) electrons. The van der Waals surface area contributed by atoms with Crippen LogP contribution in [0.5, 0.6) is 0 Å². The SMILES string of the molecule is CC(C)CCNc1ncc(CN2CCN(c3ncccn3)CC2)c2nc(-c3ccco3)nn12. The maximum Gasteiger partial charge on any atom is 0.225 e. The minimum Gasteiger partial charge on any atom is -0.461 e. The van der Waals surface area contributed by atoms with Crippen LogP contribution in [-0.4, -0.2) is 67.2 Å². The van der Waals surface area contributed by atoms with Crippen molar-refractivity contribution in [1.29, 1.82) is 0 Å². The molecule has 1 saturated heterocycles. The minimum atomic E-state index is 0.562. The maximum absolute atomic E-state index is 5.54. The third-order valence-corrected chi connectivity index (χ3v) is 5.79. The number of anilines is 2. The second-order valence-electron chi connectivity index (χ2n) is 8.68. The lowest BCUT2D eigenvalue weighted by Crippen LogP contribution is -2.46. The van der Waals surface area contributed by atoms with E-state index < -0.39 is 0 Å². The van der Waals surface area contributed by atoms with Gasteiger partial charge in [0.1, 0.15) is 0 Å². The highest BCUT2D eigenvalue weighted by molar-refractivity contribution is 5.58. The van der Waals surface area contributed by atoms with Crippen LogP contribution < -0.4 is 10.2 Å². The third kappa shape index (κ3) is 4.80. The summed E-state index contributed by atoms with van der Waals surface area (Å²) in [6, 6.07) is 5.56. The van der Waals surface area contributed by atoms with Crippen LogP contribution in [0.2, 0.25) is 0 Å². The van der Waals surface area contributed by atoms with Crippen molar-refractivity contribution in [3.05, 3.63) is 48.6 Å². The van der Waals surface area contributed by atoms with Crippen molar-refractivity contribution in [1.82, 2.24) is 34.4 Å². The summed E-state index contributed by atoms with van der Waals surface area (Å²) in [4.78, 5) is 22.9. The number of hydrogen-bond acceptors (Lipinski definition) is 9. The van der Waals surface area contributed by atoms with Crippen molar-refractivity contribution in [2.75, 3.05) is 42.9 Å². The van der Waals surface area contributed by atoms with E-state index in [9.17, 15) is 0 Å². The number of fused-ring (bicyclic) bond motifs is 1. The zero-order valence-corrected chi connectivity index (χ0v) is 19.1. The summed E-state index contributed by atoms with van der Waals surface area (Å²) in [5, 5.41) is 8.12. The number of aromatic nitrogens is 6. The fourth-order valence-electron chi connectivity index (χ4n) is 3.94. The van der Waals surface area contributed by atoms with Crippen molar-refractivity contribution in [3.8, 4) is 11.6 Å². The van der Waals surface area contributed by atoms with Gasteiger partial charge in [-0.15, -0.1) is 5.10 Å². The zero-order valence-electron chi connectivity index (χ0n) is 19.1. The van der Waals surface area contributed by atoms with E-state index in [0.29, 0.717) is 23.5 Å². The van der Waals surface area contributed by atoms with E-state index in [-0.39, 0.29) is 0 Å². The smallest absolute Gasteiger partial charge is 0.225 e. The maximum atomic E-state index is 5.54. The van der Waals surface area contributed by atoms with E-state index in [1.165, 1.54) is 0 Å². The van der Waals surface area contributed by atoms with Gasteiger partial charge in [-0.3, -0.25) is 4.90 Å². The Morgan fingerprint density at radius 1 is 1.06 bits per heavy atom. The monoisotopic (exact) mass is 447 g/mol. The summed E-state index contributed by atoms with van der Waals surface area (Å²) >= 11 is 0.